The van der Waals surface area contributed by atoms with Crippen molar-refractivity contribution in [3.05, 3.63) is 40.4 Å². The zero-order valence-electron chi connectivity index (χ0n) is 14.7. The number of hydrogen-bond acceptors (Lipinski definition) is 5. The fourth-order valence-electron chi connectivity index (χ4n) is 3.35. The van der Waals surface area contributed by atoms with Gasteiger partial charge in [0.25, 0.3) is 5.91 Å². The lowest BCUT2D eigenvalue weighted by molar-refractivity contribution is -0.137. The second kappa shape index (κ2) is 7.66. The van der Waals surface area contributed by atoms with Gasteiger partial charge in [0.05, 0.1) is 23.1 Å². The van der Waals surface area contributed by atoms with Gasteiger partial charge in [-0.15, -0.1) is 0 Å². The van der Waals surface area contributed by atoms with Crippen molar-refractivity contribution in [1.82, 2.24) is 10.1 Å². The van der Waals surface area contributed by atoms with Gasteiger partial charge in [-0.25, -0.2) is 4.39 Å². The molecule has 1 aromatic carbocycles. The minimum Gasteiger partial charge on any atom is -0.481 e. The molecule has 144 valence electrons. The van der Waals surface area contributed by atoms with Crippen LogP contribution < -0.4 is 0 Å². The molecule has 0 radical (unpaired) electrons. The SMILES string of the molecule is COC1CC(CC(=O)O)N(C(=O)c2c(-c3c(F)cccc3Cl)noc2C)C1. The zero-order valence-corrected chi connectivity index (χ0v) is 15.5. The van der Waals surface area contributed by atoms with Crippen LogP contribution in [0, 0.1) is 12.7 Å². The molecule has 1 aliphatic rings. The first-order valence-electron chi connectivity index (χ1n) is 8.29. The number of carboxylic acids is 1. The van der Waals surface area contributed by atoms with E-state index in [-0.39, 0.29) is 46.7 Å². The number of hydrogen-bond donors (Lipinski definition) is 1. The normalized spacial score (nSPS) is 19.5. The topological polar surface area (TPSA) is 92.9 Å². The maximum atomic E-state index is 14.3. The van der Waals surface area contributed by atoms with Gasteiger partial charge in [0.1, 0.15) is 22.8 Å². The summed E-state index contributed by atoms with van der Waals surface area (Å²) in [5.74, 6) is -1.95. The van der Waals surface area contributed by atoms with Crippen molar-refractivity contribution in [1.29, 1.82) is 0 Å². The van der Waals surface area contributed by atoms with Gasteiger partial charge in [-0.2, -0.15) is 0 Å². The third-order valence-electron chi connectivity index (χ3n) is 4.66. The average molecular weight is 397 g/mol. The highest BCUT2D eigenvalue weighted by atomic mass is 35.5. The minimum atomic E-state index is -1.02. The van der Waals surface area contributed by atoms with E-state index in [1.807, 2.05) is 0 Å². The molecule has 9 heteroatoms. The van der Waals surface area contributed by atoms with E-state index in [4.69, 9.17) is 26.0 Å². The summed E-state index contributed by atoms with van der Waals surface area (Å²) in [6.07, 6.45) is -0.0978. The number of aliphatic carboxylic acids is 1. The Morgan fingerprint density at radius 2 is 2.22 bits per heavy atom. The fourth-order valence-corrected chi connectivity index (χ4v) is 3.60. The van der Waals surface area contributed by atoms with Gasteiger partial charge in [0.15, 0.2) is 0 Å². The Morgan fingerprint density at radius 3 is 2.85 bits per heavy atom. The Hall–Kier alpha value is -2.45. The number of aromatic nitrogens is 1. The van der Waals surface area contributed by atoms with Crippen molar-refractivity contribution in [2.45, 2.75) is 31.9 Å². The maximum Gasteiger partial charge on any atom is 0.305 e. The number of methoxy groups -OCH3 is 1. The van der Waals surface area contributed by atoms with E-state index in [1.165, 1.54) is 37.1 Å². The lowest BCUT2D eigenvalue weighted by atomic mass is 10.0. The van der Waals surface area contributed by atoms with Crippen molar-refractivity contribution >= 4 is 23.5 Å². The molecule has 3 rings (SSSR count). The summed E-state index contributed by atoms with van der Waals surface area (Å²) in [6, 6.07) is 3.60. The molecule has 2 unspecified atom stereocenters. The number of carboxylic acid groups (broad SMARTS) is 1. The first-order chi connectivity index (χ1) is 12.8. The minimum absolute atomic E-state index is 0.00413. The highest BCUT2D eigenvalue weighted by Crippen LogP contribution is 2.35. The Kier molecular flexibility index (Phi) is 5.48. The number of likely N-dealkylation sites (tertiary alicyclic amines) is 1. The van der Waals surface area contributed by atoms with Crippen LogP contribution in [0.3, 0.4) is 0 Å². The lowest BCUT2D eigenvalue weighted by Gasteiger charge is -2.23. The second-order valence-electron chi connectivity index (χ2n) is 6.36. The molecular weight excluding hydrogens is 379 g/mol. The zero-order chi connectivity index (χ0) is 19.7. The molecule has 1 aromatic heterocycles. The summed E-state index contributed by atoms with van der Waals surface area (Å²) in [5, 5.41) is 13.1. The molecule has 2 aromatic rings. The van der Waals surface area contributed by atoms with Crippen LogP contribution in [0.4, 0.5) is 4.39 Å². The van der Waals surface area contributed by atoms with Crippen LogP contribution in [-0.4, -0.2) is 52.8 Å². The van der Waals surface area contributed by atoms with Crippen LogP contribution in [0.5, 0.6) is 0 Å². The molecule has 1 fully saturated rings. The van der Waals surface area contributed by atoms with Gasteiger partial charge in [0.2, 0.25) is 0 Å². The largest absolute Gasteiger partial charge is 0.481 e. The molecule has 1 aliphatic heterocycles. The Balaban J connectivity index is 2.02. The van der Waals surface area contributed by atoms with Crippen LogP contribution in [0.15, 0.2) is 22.7 Å². The van der Waals surface area contributed by atoms with E-state index in [0.29, 0.717) is 6.42 Å². The van der Waals surface area contributed by atoms with Gasteiger partial charge in [0, 0.05) is 19.7 Å². The van der Waals surface area contributed by atoms with Crippen LogP contribution in [0.25, 0.3) is 11.3 Å². The number of ether oxygens (including phenoxy) is 1. The number of amides is 1. The summed E-state index contributed by atoms with van der Waals surface area (Å²) >= 11 is 6.11. The van der Waals surface area contributed by atoms with Gasteiger partial charge in [-0.05, 0) is 25.5 Å². The molecule has 27 heavy (non-hydrogen) atoms. The Morgan fingerprint density at radius 1 is 1.48 bits per heavy atom. The molecule has 1 N–H and O–H groups in total. The van der Waals surface area contributed by atoms with Crippen molar-refractivity contribution in [3.8, 4) is 11.3 Å². The molecule has 1 amide bonds. The highest BCUT2D eigenvalue weighted by Gasteiger charge is 2.39. The van der Waals surface area contributed by atoms with Gasteiger partial charge in [-0.3, -0.25) is 9.59 Å². The van der Waals surface area contributed by atoms with Crippen LogP contribution >= 0.6 is 11.6 Å². The van der Waals surface area contributed by atoms with Gasteiger partial charge >= 0.3 is 5.97 Å². The summed E-state index contributed by atoms with van der Waals surface area (Å²) in [4.78, 5) is 25.8. The highest BCUT2D eigenvalue weighted by molar-refractivity contribution is 6.33. The molecule has 0 saturated carbocycles. The molecule has 0 bridgehead atoms. The molecule has 2 heterocycles. The van der Waals surface area contributed by atoms with Crippen molar-refractivity contribution in [2.75, 3.05) is 13.7 Å². The summed E-state index contributed by atoms with van der Waals surface area (Å²) in [6.45, 7) is 1.76. The van der Waals surface area contributed by atoms with Crippen molar-refractivity contribution in [2.24, 2.45) is 0 Å². The molecule has 0 spiro atoms. The van der Waals surface area contributed by atoms with Crippen LogP contribution in [0.2, 0.25) is 5.02 Å². The van der Waals surface area contributed by atoms with E-state index >= 15 is 0 Å². The fraction of sp³-hybridized carbons (Fsp3) is 0.389. The molecular formula is C18H18ClFN2O5. The lowest BCUT2D eigenvalue weighted by Crippen LogP contribution is -2.37. The molecule has 7 nitrogen and oxygen atoms in total. The van der Waals surface area contributed by atoms with Gasteiger partial charge < -0.3 is 19.3 Å². The van der Waals surface area contributed by atoms with E-state index in [1.54, 1.807) is 0 Å². The number of halogens is 2. The molecule has 1 saturated heterocycles. The Bertz CT molecular complexity index is 864. The monoisotopic (exact) mass is 396 g/mol. The van der Waals surface area contributed by atoms with E-state index < -0.39 is 23.7 Å². The van der Waals surface area contributed by atoms with E-state index in [2.05, 4.69) is 5.16 Å². The predicted octanol–water partition coefficient (Wildman–Crippen LogP) is 3.15. The first-order valence-corrected chi connectivity index (χ1v) is 8.67. The van der Waals surface area contributed by atoms with E-state index in [0.717, 1.165) is 0 Å². The van der Waals surface area contributed by atoms with Crippen LogP contribution in [-0.2, 0) is 9.53 Å². The van der Waals surface area contributed by atoms with Gasteiger partial charge in [-0.1, -0.05) is 22.8 Å². The third-order valence-corrected chi connectivity index (χ3v) is 4.97. The number of rotatable bonds is 5. The molecule has 0 aliphatic carbocycles. The number of benzene rings is 1. The van der Waals surface area contributed by atoms with Crippen molar-refractivity contribution in [3.63, 3.8) is 0 Å². The summed E-state index contributed by atoms with van der Waals surface area (Å²) in [7, 11) is 1.51. The van der Waals surface area contributed by atoms with Crippen molar-refractivity contribution < 1.29 is 28.3 Å². The third kappa shape index (κ3) is 3.68. The smallest absolute Gasteiger partial charge is 0.305 e. The molecule has 2 atom stereocenters. The number of aryl methyl sites for hydroxylation is 1. The Labute approximate surface area is 159 Å². The second-order valence-corrected chi connectivity index (χ2v) is 6.77. The predicted molar refractivity (Wildman–Crippen MR) is 94.1 cm³/mol. The quantitative estimate of drug-likeness (QED) is 0.834. The number of carbonyl (C=O) groups excluding carboxylic acids is 1. The maximum absolute atomic E-state index is 14.3. The number of carbonyl (C=O) groups is 2. The summed E-state index contributed by atoms with van der Waals surface area (Å²) < 4.78 is 24.8. The first kappa shape index (κ1) is 19.3. The number of nitrogens with zero attached hydrogens (tertiary/aromatic N) is 2. The van der Waals surface area contributed by atoms with Crippen LogP contribution in [0.1, 0.15) is 29.0 Å². The average Bonchev–Trinajstić information content (AvgIpc) is 3.17. The summed E-state index contributed by atoms with van der Waals surface area (Å²) in [5.41, 5.74) is 0.0290. The standard InChI is InChI=1S/C18H18ClFN2O5/c1-9-15(17(21-27-9)16-12(19)4-3-5-13(16)20)18(25)22-8-11(26-2)6-10(22)7-14(23)24/h3-5,10-11H,6-8H2,1-2H3,(H,23,24). The van der Waals surface area contributed by atoms with E-state index in [9.17, 15) is 14.0 Å².